The van der Waals surface area contributed by atoms with Gasteiger partial charge in [-0.15, -0.1) is 0 Å². The Kier molecular flexibility index (Phi) is 4.24. The van der Waals surface area contributed by atoms with E-state index in [0.29, 0.717) is 31.3 Å². The van der Waals surface area contributed by atoms with Crippen LogP contribution in [0.2, 0.25) is 0 Å². The summed E-state index contributed by atoms with van der Waals surface area (Å²) in [6.07, 6.45) is 3.60. The monoisotopic (exact) mass is 327 g/mol. The predicted molar refractivity (Wildman–Crippen MR) is 80.9 cm³/mol. The van der Waals surface area contributed by atoms with Gasteiger partial charge in [-0.25, -0.2) is 13.1 Å². The molecule has 0 saturated carbocycles. The van der Waals surface area contributed by atoms with Crippen molar-refractivity contribution in [2.45, 2.75) is 12.5 Å². The summed E-state index contributed by atoms with van der Waals surface area (Å²) in [6.45, 7) is 2.24. The average molecular weight is 327 g/mol. The Labute approximate surface area is 130 Å². The van der Waals surface area contributed by atoms with Crippen molar-refractivity contribution in [1.82, 2.24) is 14.6 Å². The molecular weight excluding hydrogens is 306 g/mol. The van der Waals surface area contributed by atoms with Gasteiger partial charge < -0.3 is 14.6 Å². The van der Waals surface area contributed by atoms with Crippen molar-refractivity contribution in [2.24, 2.45) is 11.8 Å². The van der Waals surface area contributed by atoms with Crippen LogP contribution in [0, 0.1) is 11.8 Å². The highest BCUT2D eigenvalue weighted by Crippen LogP contribution is 2.34. The van der Waals surface area contributed by atoms with Crippen molar-refractivity contribution >= 4 is 15.9 Å². The lowest BCUT2D eigenvalue weighted by Gasteiger charge is -2.35. The summed E-state index contributed by atoms with van der Waals surface area (Å²) >= 11 is 0. The van der Waals surface area contributed by atoms with E-state index < -0.39 is 10.0 Å². The molecule has 2 fully saturated rings. The van der Waals surface area contributed by atoms with Gasteiger partial charge in [0.15, 0.2) is 0 Å². The molecule has 2 saturated heterocycles. The number of piperidine rings is 1. The summed E-state index contributed by atoms with van der Waals surface area (Å²) in [4.78, 5) is 17.2. The lowest BCUT2D eigenvalue weighted by molar-refractivity contribution is 0.0558. The molecule has 0 radical (unpaired) electrons. The standard InChI is InChI=1S/C14H21N3O4S/c1-22(19,20)16-7-13-11-8-17(6-4-10(11)9-21-13)14(18)12-3-2-5-15-12/h2-3,5,10-11,13,15-16H,4,6-9H2,1H3/t10-,11-,13+/m1/s1. The molecule has 3 heterocycles. The number of sulfonamides is 1. The maximum absolute atomic E-state index is 12.4. The molecule has 1 aromatic heterocycles. The minimum absolute atomic E-state index is 0.00910. The normalized spacial score (nSPS) is 28.6. The predicted octanol–water partition coefficient (Wildman–Crippen LogP) is 0.0410. The number of hydrogen-bond donors (Lipinski definition) is 2. The third-order valence-corrected chi connectivity index (χ3v) is 5.16. The molecule has 8 heteroatoms. The smallest absolute Gasteiger partial charge is 0.270 e. The van der Waals surface area contributed by atoms with Gasteiger partial charge in [-0.3, -0.25) is 4.79 Å². The summed E-state index contributed by atoms with van der Waals surface area (Å²) in [6, 6.07) is 3.57. The van der Waals surface area contributed by atoms with Crippen LogP contribution in [0.5, 0.6) is 0 Å². The second-order valence-electron chi connectivity index (χ2n) is 6.04. The van der Waals surface area contributed by atoms with Crippen molar-refractivity contribution in [3.63, 3.8) is 0 Å². The SMILES string of the molecule is CS(=O)(=O)NC[C@@H]1OC[C@H]2CCN(C(=O)c3ccc[nH]3)C[C@H]21. The Morgan fingerprint density at radius 1 is 1.55 bits per heavy atom. The summed E-state index contributed by atoms with van der Waals surface area (Å²) in [5.74, 6) is 0.575. The molecule has 0 aliphatic carbocycles. The maximum Gasteiger partial charge on any atom is 0.270 e. The fourth-order valence-corrected chi connectivity index (χ4v) is 3.76. The first-order chi connectivity index (χ1) is 10.4. The molecule has 2 N–H and O–H groups in total. The van der Waals surface area contributed by atoms with Crippen LogP contribution < -0.4 is 4.72 Å². The molecule has 0 bridgehead atoms. The largest absolute Gasteiger partial charge is 0.376 e. The molecular formula is C14H21N3O4S. The number of rotatable bonds is 4. The number of aromatic amines is 1. The van der Waals surface area contributed by atoms with E-state index in [1.807, 2.05) is 4.90 Å². The molecule has 0 aromatic carbocycles. The van der Waals surface area contributed by atoms with Crippen LogP contribution in [0.1, 0.15) is 16.9 Å². The number of nitrogens with one attached hydrogen (secondary N) is 2. The number of aromatic nitrogens is 1. The third-order valence-electron chi connectivity index (χ3n) is 4.47. The number of carbonyl (C=O) groups excluding carboxylic acids is 1. The van der Waals surface area contributed by atoms with Crippen molar-refractivity contribution < 1.29 is 17.9 Å². The lowest BCUT2D eigenvalue weighted by Crippen LogP contribution is -2.47. The highest BCUT2D eigenvalue weighted by atomic mass is 32.2. The number of carbonyl (C=O) groups is 1. The fourth-order valence-electron chi connectivity index (χ4n) is 3.29. The van der Waals surface area contributed by atoms with Crippen LogP contribution >= 0.6 is 0 Å². The van der Waals surface area contributed by atoms with Gasteiger partial charge >= 0.3 is 0 Å². The van der Waals surface area contributed by atoms with Gasteiger partial charge in [0.05, 0.1) is 19.0 Å². The van der Waals surface area contributed by atoms with Crippen molar-refractivity contribution in [3.05, 3.63) is 24.0 Å². The average Bonchev–Trinajstić information content (AvgIpc) is 3.12. The van der Waals surface area contributed by atoms with E-state index >= 15 is 0 Å². The zero-order valence-corrected chi connectivity index (χ0v) is 13.3. The molecule has 3 atom stereocenters. The second-order valence-corrected chi connectivity index (χ2v) is 7.87. The Balaban J connectivity index is 1.64. The molecule has 2 aliphatic rings. The number of H-pyrrole nitrogens is 1. The van der Waals surface area contributed by atoms with Gasteiger partial charge in [-0.1, -0.05) is 0 Å². The highest BCUT2D eigenvalue weighted by molar-refractivity contribution is 7.88. The number of hydrogen-bond acceptors (Lipinski definition) is 4. The molecule has 3 rings (SSSR count). The van der Waals surface area contributed by atoms with Gasteiger partial charge in [-0.2, -0.15) is 0 Å². The Bertz CT molecular complexity index is 629. The molecule has 0 unspecified atom stereocenters. The second kappa shape index (κ2) is 6.02. The molecule has 22 heavy (non-hydrogen) atoms. The number of amides is 1. The molecule has 7 nitrogen and oxygen atoms in total. The topological polar surface area (TPSA) is 91.5 Å². The van der Waals surface area contributed by atoms with E-state index in [2.05, 4.69) is 9.71 Å². The van der Waals surface area contributed by atoms with Gasteiger partial charge in [0.1, 0.15) is 5.69 Å². The Hall–Kier alpha value is -1.38. The molecule has 1 aromatic rings. The van der Waals surface area contributed by atoms with Crippen molar-refractivity contribution in [3.8, 4) is 0 Å². The van der Waals surface area contributed by atoms with Crippen LogP contribution in [-0.2, 0) is 14.8 Å². The third kappa shape index (κ3) is 3.34. The molecule has 122 valence electrons. The number of nitrogens with zero attached hydrogens (tertiary/aromatic N) is 1. The van der Waals surface area contributed by atoms with E-state index in [1.165, 1.54) is 0 Å². The summed E-state index contributed by atoms with van der Waals surface area (Å²) in [5.41, 5.74) is 0.586. The number of likely N-dealkylation sites (tertiary alicyclic amines) is 1. The zero-order valence-electron chi connectivity index (χ0n) is 12.5. The molecule has 1 amide bonds. The van der Waals surface area contributed by atoms with Crippen molar-refractivity contribution in [1.29, 1.82) is 0 Å². The van der Waals surface area contributed by atoms with Crippen LogP contribution in [0.4, 0.5) is 0 Å². The van der Waals surface area contributed by atoms with Crippen LogP contribution in [0.25, 0.3) is 0 Å². The highest BCUT2D eigenvalue weighted by Gasteiger charge is 2.42. The molecule has 0 spiro atoms. The van der Waals surface area contributed by atoms with E-state index in [-0.39, 0.29) is 24.5 Å². The summed E-state index contributed by atoms with van der Waals surface area (Å²) < 4.78 is 30.7. The number of fused-ring (bicyclic) bond motifs is 1. The summed E-state index contributed by atoms with van der Waals surface area (Å²) in [7, 11) is -3.23. The van der Waals surface area contributed by atoms with Crippen LogP contribution in [-0.4, -0.2) is 62.8 Å². The van der Waals surface area contributed by atoms with E-state index in [0.717, 1.165) is 12.7 Å². The first kappa shape index (κ1) is 15.5. The van der Waals surface area contributed by atoms with E-state index in [9.17, 15) is 13.2 Å². The van der Waals surface area contributed by atoms with E-state index in [1.54, 1.807) is 18.3 Å². The molecule has 2 aliphatic heterocycles. The number of ether oxygens (including phenoxy) is 1. The first-order valence-electron chi connectivity index (χ1n) is 7.43. The van der Waals surface area contributed by atoms with E-state index in [4.69, 9.17) is 4.74 Å². The maximum atomic E-state index is 12.4. The quantitative estimate of drug-likeness (QED) is 0.817. The zero-order chi connectivity index (χ0) is 15.7. The minimum Gasteiger partial charge on any atom is -0.376 e. The minimum atomic E-state index is -3.23. The first-order valence-corrected chi connectivity index (χ1v) is 9.32. The fraction of sp³-hybridized carbons (Fsp3) is 0.643. The van der Waals surface area contributed by atoms with Crippen molar-refractivity contribution in [2.75, 3.05) is 32.5 Å². The van der Waals surface area contributed by atoms with Gasteiger partial charge in [0.2, 0.25) is 10.0 Å². The van der Waals surface area contributed by atoms with Gasteiger partial charge in [0, 0.05) is 31.7 Å². The van der Waals surface area contributed by atoms with Gasteiger partial charge in [0.25, 0.3) is 5.91 Å². The summed E-state index contributed by atoms with van der Waals surface area (Å²) in [5, 5.41) is 0. The van der Waals surface area contributed by atoms with Crippen LogP contribution in [0.15, 0.2) is 18.3 Å². The van der Waals surface area contributed by atoms with Gasteiger partial charge in [-0.05, 0) is 24.5 Å². The lowest BCUT2D eigenvalue weighted by atomic mass is 9.84. The van der Waals surface area contributed by atoms with Crippen LogP contribution in [0.3, 0.4) is 0 Å². The Morgan fingerprint density at radius 2 is 2.36 bits per heavy atom. The Morgan fingerprint density at radius 3 is 3.05 bits per heavy atom.